The molecule has 0 aromatic heterocycles. The summed E-state index contributed by atoms with van der Waals surface area (Å²) in [7, 11) is 0. The minimum absolute atomic E-state index is 0. The number of amidine groups is 2. The molecule has 9 heteroatoms. The summed E-state index contributed by atoms with van der Waals surface area (Å²) in [5, 5.41) is 12.5. The molecule has 0 saturated heterocycles. The second kappa shape index (κ2) is 12.6. The van der Waals surface area contributed by atoms with Crippen molar-refractivity contribution in [3.63, 3.8) is 0 Å². The van der Waals surface area contributed by atoms with Crippen LogP contribution in [0.5, 0.6) is 0 Å². The third-order valence-electron chi connectivity index (χ3n) is 6.60. The lowest BCUT2D eigenvalue weighted by atomic mass is 10.1. The highest BCUT2D eigenvalue weighted by molar-refractivity contribution is 6.08. The largest absolute Gasteiger partial charge is 0.370 e. The zero-order valence-corrected chi connectivity index (χ0v) is 22.8. The molecule has 5 rings (SSSR count). The Morgan fingerprint density at radius 3 is 1.31 bits per heavy atom. The minimum Gasteiger partial charge on any atom is -0.370 e. The number of rotatable bonds is 6. The average molecular weight is 545 g/mol. The van der Waals surface area contributed by atoms with Crippen molar-refractivity contribution in [3.8, 4) is 0 Å². The number of benzene rings is 3. The van der Waals surface area contributed by atoms with E-state index in [2.05, 4.69) is 45.1 Å². The fraction of sp³-hybridized carbons (Fsp3) is 0.267. The lowest BCUT2D eigenvalue weighted by Gasteiger charge is -2.20. The Kier molecular flexibility index (Phi) is 8.99. The van der Waals surface area contributed by atoms with Crippen LogP contribution in [0.3, 0.4) is 0 Å². The second-order valence-electron chi connectivity index (χ2n) is 9.99. The van der Waals surface area contributed by atoms with Gasteiger partial charge in [0.15, 0.2) is 0 Å². The lowest BCUT2D eigenvalue weighted by Crippen LogP contribution is -2.35. The summed E-state index contributed by atoms with van der Waals surface area (Å²) in [5.41, 5.74) is 4.31. The number of aliphatic imine (C=N–C) groups is 2. The van der Waals surface area contributed by atoms with Gasteiger partial charge in [-0.05, 0) is 84.6 Å². The SMILES string of the molecule is CC1CN=C(c2ccc(NC(=O)c3ccc(C(=O)Nc4ccc(C5=NCC(C)CN5)cc4)cc3)cc2)NC1.Cl. The molecule has 0 aliphatic carbocycles. The van der Waals surface area contributed by atoms with E-state index in [4.69, 9.17) is 0 Å². The van der Waals surface area contributed by atoms with Gasteiger partial charge in [0.25, 0.3) is 11.8 Å². The van der Waals surface area contributed by atoms with Crippen LogP contribution in [-0.2, 0) is 0 Å². The number of hydrogen-bond donors (Lipinski definition) is 4. The van der Waals surface area contributed by atoms with Crippen LogP contribution in [-0.4, -0.2) is 49.7 Å². The molecule has 0 bridgehead atoms. The van der Waals surface area contributed by atoms with E-state index in [9.17, 15) is 9.59 Å². The maximum atomic E-state index is 12.7. The molecule has 2 atom stereocenters. The summed E-state index contributed by atoms with van der Waals surface area (Å²) in [6.07, 6.45) is 0. The van der Waals surface area contributed by atoms with Crippen molar-refractivity contribution >= 4 is 47.3 Å². The Balaban J connectivity index is 0.00000353. The van der Waals surface area contributed by atoms with Gasteiger partial charge in [0.1, 0.15) is 11.7 Å². The molecule has 2 aliphatic rings. The highest BCUT2D eigenvalue weighted by atomic mass is 35.5. The van der Waals surface area contributed by atoms with E-state index in [1.165, 1.54) is 0 Å². The van der Waals surface area contributed by atoms with Gasteiger partial charge in [-0.25, -0.2) is 0 Å². The molecule has 0 fully saturated rings. The number of nitrogens with zero attached hydrogens (tertiary/aromatic N) is 2. The van der Waals surface area contributed by atoms with Gasteiger partial charge in [-0.1, -0.05) is 13.8 Å². The van der Waals surface area contributed by atoms with Crippen LogP contribution in [0, 0.1) is 11.8 Å². The quantitative estimate of drug-likeness (QED) is 0.364. The Morgan fingerprint density at radius 1 is 0.641 bits per heavy atom. The van der Waals surface area contributed by atoms with Crippen molar-refractivity contribution in [2.24, 2.45) is 21.8 Å². The predicted molar refractivity (Wildman–Crippen MR) is 160 cm³/mol. The fourth-order valence-corrected chi connectivity index (χ4v) is 4.27. The summed E-state index contributed by atoms with van der Waals surface area (Å²) < 4.78 is 0. The molecule has 39 heavy (non-hydrogen) atoms. The number of hydrogen-bond acceptors (Lipinski definition) is 6. The summed E-state index contributed by atoms with van der Waals surface area (Å²) in [4.78, 5) is 34.6. The number of amides is 2. The molecule has 202 valence electrons. The lowest BCUT2D eigenvalue weighted by molar-refractivity contribution is 0.101. The van der Waals surface area contributed by atoms with Gasteiger partial charge in [-0.2, -0.15) is 0 Å². The molecule has 8 nitrogen and oxygen atoms in total. The predicted octanol–water partition coefficient (Wildman–Crippen LogP) is 4.58. The van der Waals surface area contributed by atoms with E-state index in [1.54, 1.807) is 24.3 Å². The van der Waals surface area contributed by atoms with Crippen molar-refractivity contribution < 1.29 is 9.59 Å². The van der Waals surface area contributed by atoms with Crippen molar-refractivity contribution in [1.82, 2.24) is 10.6 Å². The number of carbonyl (C=O) groups is 2. The summed E-state index contributed by atoms with van der Waals surface area (Å²) in [5.74, 6) is 2.36. The van der Waals surface area contributed by atoms with E-state index in [0.29, 0.717) is 34.3 Å². The molecule has 2 amide bonds. The maximum absolute atomic E-state index is 12.7. The normalized spacial score (nSPS) is 18.3. The molecule has 2 aliphatic heterocycles. The van der Waals surface area contributed by atoms with Crippen molar-refractivity contribution in [3.05, 3.63) is 95.1 Å². The third kappa shape index (κ3) is 7.03. The highest BCUT2D eigenvalue weighted by Crippen LogP contribution is 2.16. The van der Waals surface area contributed by atoms with Crippen LogP contribution in [0.4, 0.5) is 11.4 Å². The van der Waals surface area contributed by atoms with Crippen LogP contribution < -0.4 is 21.3 Å². The molecule has 2 heterocycles. The van der Waals surface area contributed by atoms with E-state index in [0.717, 1.165) is 49.0 Å². The molecule has 0 radical (unpaired) electrons. The number of nitrogens with one attached hydrogen (secondary N) is 4. The molecule has 3 aromatic carbocycles. The van der Waals surface area contributed by atoms with Gasteiger partial charge >= 0.3 is 0 Å². The van der Waals surface area contributed by atoms with Gasteiger partial charge in [-0.15, -0.1) is 12.4 Å². The molecular weight excluding hydrogens is 512 g/mol. The maximum Gasteiger partial charge on any atom is 0.255 e. The summed E-state index contributed by atoms with van der Waals surface area (Å²) in [6, 6.07) is 21.8. The van der Waals surface area contributed by atoms with Crippen LogP contribution in [0.1, 0.15) is 45.7 Å². The molecule has 4 N–H and O–H groups in total. The number of anilines is 2. The van der Waals surface area contributed by atoms with Crippen molar-refractivity contribution in [2.45, 2.75) is 13.8 Å². The standard InChI is InChI=1S/C30H32N6O2.ClH/c1-19-15-31-27(32-16-19)21-7-11-25(12-8-21)35-29(37)23-3-5-24(6-4-23)30(38)36-26-13-9-22(10-14-26)28-33-17-20(2)18-34-28;/h3-14,19-20H,15-18H2,1-2H3,(H,31,32)(H,33,34)(H,35,37)(H,36,38);1H. The second-order valence-corrected chi connectivity index (χ2v) is 9.99. The Bertz CT molecular complexity index is 1260. The number of carbonyl (C=O) groups excluding carboxylic acids is 2. The molecular formula is C30H33ClN6O2. The highest BCUT2D eigenvalue weighted by Gasteiger charge is 2.14. The first kappa shape index (κ1) is 27.9. The summed E-state index contributed by atoms with van der Waals surface area (Å²) >= 11 is 0. The van der Waals surface area contributed by atoms with Gasteiger partial charge in [0, 0.05) is 59.8 Å². The fourth-order valence-electron chi connectivity index (χ4n) is 4.27. The monoisotopic (exact) mass is 544 g/mol. The van der Waals surface area contributed by atoms with Gasteiger partial charge in [0.05, 0.1) is 0 Å². The topological polar surface area (TPSA) is 107 Å². The third-order valence-corrected chi connectivity index (χ3v) is 6.60. The van der Waals surface area contributed by atoms with Crippen LogP contribution >= 0.6 is 12.4 Å². The Hall–Kier alpha value is -4.17. The van der Waals surface area contributed by atoms with Crippen LogP contribution in [0.2, 0.25) is 0 Å². The van der Waals surface area contributed by atoms with E-state index >= 15 is 0 Å². The van der Waals surface area contributed by atoms with E-state index in [1.807, 2.05) is 48.5 Å². The first-order valence-corrected chi connectivity index (χ1v) is 12.9. The van der Waals surface area contributed by atoms with Crippen LogP contribution in [0.15, 0.2) is 82.8 Å². The first-order valence-electron chi connectivity index (χ1n) is 12.9. The Labute approximate surface area is 234 Å². The smallest absolute Gasteiger partial charge is 0.255 e. The van der Waals surface area contributed by atoms with E-state index < -0.39 is 0 Å². The molecule has 0 spiro atoms. The van der Waals surface area contributed by atoms with E-state index in [-0.39, 0.29) is 24.2 Å². The summed E-state index contributed by atoms with van der Waals surface area (Å²) in [6.45, 7) is 7.77. The first-order chi connectivity index (χ1) is 18.4. The molecule has 0 saturated carbocycles. The number of halogens is 1. The zero-order chi connectivity index (χ0) is 26.5. The van der Waals surface area contributed by atoms with Gasteiger partial charge in [0.2, 0.25) is 0 Å². The molecule has 3 aromatic rings. The van der Waals surface area contributed by atoms with Crippen molar-refractivity contribution in [1.29, 1.82) is 0 Å². The van der Waals surface area contributed by atoms with Crippen LogP contribution in [0.25, 0.3) is 0 Å². The molecule has 2 unspecified atom stereocenters. The Morgan fingerprint density at radius 2 is 1.00 bits per heavy atom. The average Bonchev–Trinajstić information content (AvgIpc) is 2.95. The van der Waals surface area contributed by atoms with Crippen molar-refractivity contribution in [2.75, 3.05) is 36.8 Å². The zero-order valence-electron chi connectivity index (χ0n) is 22.0. The van der Waals surface area contributed by atoms with Gasteiger partial charge in [-0.3, -0.25) is 19.6 Å². The van der Waals surface area contributed by atoms with Gasteiger partial charge < -0.3 is 21.3 Å². The minimum atomic E-state index is -0.240.